The van der Waals surface area contributed by atoms with E-state index in [0.717, 1.165) is 5.56 Å². The van der Waals surface area contributed by atoms with Gasteiger partial charge in [0, 0.05) is 6.92 Å². The first-order chi connectivity index (χ1) is 9.03. The molecule has 0 saturated heterocycles. The van der Waals surface area contributed by atoms with Crippen molar-refractivity contribution in [2.24, 2.45) is 5.92 Å². The van der Waals surface area contributed by atoms with Crippen LogP contribution in [0.2, 0.25) is 0 Å². The molecule has 0 radical (unpaired) electrons. The highest BCUT2D eigenvalue weighted by Gasteiger charge is 2.35. The largest absolute Gasteiger partial charge is 0.466 e. The van der Waals surface area contributed by atoms with Gasteiger partial charge in [-0.1, -0.05) is 44.2 Å². The molecule has 1 aromatic carbocycles. The molecule has 1 aromatic rings. The van der Waals surface area contributed by atoms with Crippen molar-refractivity contribution in [2.45, 2.75) is 39.0 Å². The first-order valence-electron chi connectivity index (χ1n) is 6.63. The van der Waals surface area contributed by atoms with Crippen molar-refractivity contribution in [3.8, 4) is 6.07 Å². The maximum Gasteiger partial charge on any atom is 0.302 e. The van der Waals surface area contributed by atoms with Crippen LogP contribution in [0.1, 0.15) is 39.2 Å². The summed E-state index contributed by atoms with van der Waals surface area (Å²) in [4.78, 5) is 10.8. The van der Waals surface area contributed by atoms with E-state index in [1.165, 1.54) is 6.92 Å². The van der Waals surface area contributed by atoms with E-state index in [0.29, 0.717) is 19.4 Å². The molecule has 1 atom stereocenters. The zero-order chi connectivity index (χ0) is 14.3. The van der Waals surface area contributed by atoms with Crippen LogP contribution in [0.4, 0.5) is 0 Å². The van der Waals surface area contributed by atoms with Crippen molar-refractivity contribution < 1.29 is 9.53 Å². The van der Waals surface area contributed by atoms with Crippen LogP contribution in [-0.4, -0.2) is 12.6 Å². The first-order valence-corrected chi connectivity index (χ1v) is 6.63. The van der Waals surface area contributed by atoms with Crippen LogP contribution in [-0.2, 0) is 14.9 Å². The summed E-state index contributed by atoms with van der Waals surface area (Å²) in [7, 11) is 0. The maximum atomic E-state index is 10.8. The summed E-state index contributed by atoms with van der Waals surface area (Å²) in [5, 5.41) is 9.65. The summed E-state index contributed by atoms with van der Waals surface area (Å²) in [6.45, 7) is 5.89. The molecule has 1 rings (SSSR count). The number of nitrogens with zero attached hydrogens (tertiary/aromatic N) is 1. The highest BCUT2D eigenvalue weighted by Crippen LogP contribution is 2.36. The summed E-state index contributed by atoms with van der Waals surface area (Å²) in [6.07, 6.45) is 1.39. The average Bonchev–Trinajstić information content (AvgIpc) is 2.39. The van der Waals surface area contributed by atoms with Crippen molar-refractivity contribution in [3.05, 3.63) is 35.9 Å². The van der Waals surface area contributed by atoms with Gasteiger partial charge in [0.2, 0.25) is 0 Å². The molecule has 1 unspecified atom stereocenters. The second kappa shape index (κ2) is 6.94. The van der Waals surface area contributed by atoms with Crippen molar-refractivity contribution in [3.63, 3.8) is 0 Å². The topological polar surface area (TPSA) is 50.1 Å². The predicted molar refractivity (Wildman–Crippen MR) is 74.4 cm³/mol. The lowest BCUT2D eigenvalue weighted by Crippen LogP contribution is -2.31. The molecule has 0 aliphatic carbocycles. The smallest absolute Gasteiger partial charge is 0.302 e. The summed E-state index contributed by atoms with van der Waals surface area (Å²) in [5.74, 6) is -0.0657. The van der Waals surface area contributed by atoms with Gasteiger partial charge in [-0.25, -0.2) is 0 Å². The summed E-state index contributed by atoms with van der Waals surface area (Å²) in [5.41, 5.74) is 0.525. The van der Waals surface area contributed by atoms with Crippen molar-refractivity contribution in [1.29, 1.82) is 5.26 Å². The molecule has 3 heteroatoms. The minimum atomic E-state index is -0.512. The van der Waals surface area contributed by atoms with E-state index in [-0.39, 0.29) is 11.9 Å². The minimum Gasteiger partial charge on any atom is -0.466 e. The number of ether oxygens (including phenoxy) is 1. The van der Waals surface area contributed by atoms with Crippen LogP contribution in [0.3, 0.4) is 0 Å². The molecule has 19 heavy (non-hydrogen) atoms. The summed E-state index contributed by atoms with van der Waals surface area (Å²) >= 11 is 0. The van der Waals surface area contributed by atoms with Crippen molar-refractivity contribution in [2.75, 3.05) is 6.61 Å². The summed E-state index contributed by atoms with van der Waals surface area (Å²) < 4.78 is 4.95. The van der Waals surface area contributed by atoms with Crippen LogP contribution in [0.15, 0.2) is 30.3 Å². The third-order valence-corrected chi connectivity index (χ3v) is 3.49. The lowest BCUT2D eigenvalue weighted by molar-refractivity contribution is -0.141. The Labute approximate surface area is 115 Å². The van der Waals surface area contributed by atoms with E-state index >= 15 is 0 Å². The van der Waals surface area contributed by atoms with Gasteiger partial charge in [0.15, 0.2) is 0 Å². The lowest BCUT2D eigenvalue weighted by atomic mass is 9.70. The zero-order valence-corrected chi connectivity index (χ0v) is 11.8. The Kier molecular flexibility index (Phi) is 5.57. The number of benzene rings is 1. The van der Waals surface area contributed by atoms with Crippen LogP contribution in [0, 0.1) is 17.2 Å². The molecule has 0 bridgehead atoms. The van der Waals surface area contributed by atoms with Gasteiger partial charge < -0.3 is 4.74 Å². The Hall–Kier alpha value is -1.82. The van der Waals surface area contributed by atoms with Crippen LogP contribution in [0.5, 0.6) is 0 Å². The van der Waals surface area contributed by atoms with Gasteiger partial charge in [-0.05, 0) is 24.3 Å². The molecule has 102 valence electrons. The Morgan fingerprint density at radius 3 is 2.47 bits per heavy atom. The lowest BCUT2D eigenvalue weighted by Gasteiger charge is -2.31. The molecule has 0 aliphatic heterocycles. The fourth-order valence-corrected chi connectivity index (χ4v) is 2.32. The number of hydrogen-bond donors (Lipinski definition) is 0. The standard InChI is InChI=1S/C16H21NO2/c1-13(2)16(12-17,10-7-11-19-14(3)18)15-8-5-4-6-9-15/h4-6,8-9,13H,7,10-11H2,1-3H3. The fourth-order valence-electron chi connectivity index (χ4n) is 2.32. The molecular formula is C16H21NO2. The summed E-state index contributed by atoms with van der Waals surface area (Å²) in [6, 6.07) is 12.3. The third-order valence-electron chi connectivity index (χ3n) is 3.49. The monoisotopic (exact) mass is 259 g/mol. The van der Waals surface area contributed by atoms with Gasteiger partial charge in [0.25, 0.3) is 0 Å². The number of esters is 1. The Morgan fingerprint density at radius 1 is 1.37 bits per heavy atom. The van der Waals surface area contributed by atoms with Crippen LogP contribution >= 0.6 is 0 Å². The van der Waals surface area contributed by atoms with E-state index in [9.17, 15) is 10.1 Å². The minimum absolute atomic E-state index is 0.206. The molecule has 0 saturated carbocycles. The van der Waals surface area contributed by atoms with Crippen LogP contribution in [0.25, 0.3) is 0 Å². The quantitative estimate of drug-likeness (QED) is 0.580. The molecule has 3 nitrogen and oxygen atoms in total. The molecular weight excluding hydrogens is 238 g/mol. The number of carbonyl (C=O) groups excluding carboxylic acids is 1. The van der Waals surface area contributed by atoms with Gasteiger partial charge in [-0.3, -0.25) is 4.79 Å². The van der Waals surface area contributed by atoms with E-state index in [4.69, 9.17) is 4.74 Å². The molecule has 0 spiro atoms. The van der Waals surface area contributed by atoms with E-state index in [2.05, 4.69) is 19.9 Å². The highest BCUT2D eigenvalue weighted by molar-refractivity contribution is 5.65. The van der Waals surface area contributed by atoms with Gasteiger partial charge in [0.1, 0.15) is 0 Å². The Balaban J connectivity index is 2.83. The molecule has 0 fully saturated rings. The highest BCUT2D eigenvalue weighted by atomic mass is 16.5. The second-order valence-corrected chi connectivity index (χ2v) is 5.05. The fraction of sp³-hybridized carbons (Fsp3) is 0.500. The molecule has 0 heterocycles. The molecule has 0 N–H and O–H groups in total. The zero-order valence-electron chi connectivity index (χ0n) is 11.8. The average molecular weight is 259 g/mol. The van der Waals surface area contributed by atoms with Gasteiger partial charge in [0.05, 0.1) is 18.1 Å². The van der Waals surface area contributed by atoms with Gasteiger partial charge in [-0.2, -0.15) is 5.26 Å². The van der Waals surface area contributed by atoms with E-state index in [1.54, 1.807) is 0 Å². The van der Waals surface area contributed by atoms with Crippen molar-refractivity contribution in [1.82, 2.24) is 0 Å². The number of hydrogen-bond acceptors (Lipinski definition) is 3. The maximum absolute atomic E-state index is 10.8. The van der Waals surface area contributed by atoms with Crippen LogP contribution < -0.4 is 0 Å². The molecule has 0 amide bonds. The molecule has 0 aliphatic rings. The SMILES string of the molecule is CC(=O)OCCCC(C#N)(c1ccccc1)C(C)C. The second-order valence-electron chi connectivity index (χ2n) is 5.05. The van der Waals surface area contributed by atoms with Crippen molar-refractivity contribution >= 4 is 5.97 Å². The molecule has 0 aromatic heterocycles. The number of rotatable bonds is 6. The normalized spacial score (nSPS) is 13.6. The number of carbonyl (C=O) groups is 1. The Morgan fingerprint density at radius 2 is 2.00 bits per heavy atom. The Bertz CT molecular complexity index is 448. The van der Waals surface area contributed by atoms with E-state index in [1.807, 2.05) is 30.3 Å². The third kappa shape index (κ3) is 3.82. The number of nitriles is 1. The van der Waals surface area contributed by atoms with Gasteiger partial charge in [-0.15, -0.1) is 0 Å². The van der Waals surface area contributed by atoms with E-state index < -0.39 is 5.41 Å². The van der Waals surface area contributed by atoms with Gasteiger partial charge >= 0.3 is 5.97 Å². The predicted octanol–water partition coefficient (Wildman–Crippen LogP) is 3.45. The first kappa shape index (κ1) is 15.2.